The van der Waals surface area contributed by atoms with Crippen LogP contribution in [0.15, 0.2) is 54.6 Å². The Labute approximate surface area is 121 Å². The molecule has 0 aliphatic rings. The molecule has 0 nitrogen and oxygen atoms in total. The van der Waals surface area contributed by atoms with Crippen molar-refractivity contribution in [3.8, 4) is 0 Å². The second-order valence-corrected chi connectivity index (χ2v) is 9.73. The zero-order chi connectivity index (χ0) is 13.7. The van der Waals surface area contributed by atoms with Gasteiger partial charge in [0.15, 0.2) is 0 Å². The second kappa shape index (κ2) is 6.50. The summed E-state index contributed by atoms with van der Waals surface area (Å²) in [6.07, 6.45) is 3.55. The molecule has 0 N–H and O–H groups in total. The Kier molecular flexibility index (Phi) is 4.96. The predicted octanol–water partition coefficient (Wildman–Crippen LogP) is 4.23. The summed E-state index contributed by atoms with van der Waals surface area (Å²) in [7, 11) is 0. The second-order valence-electron chi connectivity index (χ2n) is 4.94. The fraction of sp³-hybridized carbons (Fsp3) is 0.294. The molecule has 2 aromatic rings. The summed E-state index contributed by atoms with van der Waals surface area (Å²) in [5, 5.41) is 2.75. The molecular weight excluding hydrogens is 267 g/mol. The number of benzene rings is 2. The molecule has 2 heteroatoms. The summed E-state index contributed by atoms with van der Waals surface area (Å²) in [6.45, 7) is 4.42. The van der Waals surface area contributed by atoms with Crippen molar-refractivity contribution < 1.29 is 0 Å². The first-order valence-electron chi connectivity index (χ1n) is 6.89. The van der Waals surface area contributed by atoms with Crippen LogP contribution >= 0.6 is 6.04 Å². The molecule has 0 aliphatic heterocycles. The molecule has 0 bridgehead atoms. The van der Waals surface area contributed by atoms with Gasteiger partial charge in [-0.2, -0.15) is 0 Å². The lowest BCUT2D eigenvalue weighted by molar-refractivity contribution is 0.893. The van der Waals surface area contributed by atoms with E-state index in [9.17, 15) is 0 Å². The van der Waals surface area contributed by atoms with Crippen LogP contribution in [0.3, 0.4) is 0 Å². The molecule has 0 saturated heterocycles. The van der Waals surface area contributed by atoms with E-state index >= 15 is 0 Å². The van der Waals surface area contributed by atoms with Crippen LogP contribution in [0.25, 0.3) is 0 Å². The lowest BCUT2D eigenvalue weighted by Crippen LogP contribution is -2.20. The highest BCUT2D eigenvalue weighted by molar-refractivity contribution is 8.22. The maximum absolute atomic E-state index is 6.20. The summed E-state index contributed by atoms with van der Waals surface area (Å²) in [4.78, 5) is 0. The van der Waals surface area contributed by atoms with E-state index in [1.807, 2.05) is 0 Å². The molecule has 1 unspecified atom stereocenters. The Morgan fingerprint density at radius 3 is 2.21 bits per heavy atom. The largest absolute Gasteiger partial charge is 0.0876 e. The quantitative estimate of drug-likeness (QED) is 0.742. The lowest BCUT2D eigenvalue weighted by atomic mass is 10.2. The molecule has 0 aliphatic carbocycles. The Morgan fingerprint density at radius 1 is 0.947 bits per heavy atom. The van der Waals surface area contributed by atoms with Gasteiger partial charge in [-0.1, -0.05) is 79.7 Å². The lowest BCUT2D eigenvalue weighted by Gasteiger charge is -2.25. The number of hydrogen-bond donors (Lipinski definition) is 0. The number of hydrogen-bond acceptors (Lipinski definition) is 1. The molecule has 1 atom stereocenters. The normalized spacial score (nSPS) is 14.0. The summed E-state index contributed by atoms with van der Waals surface area (Å²) in [5.41, 5.74) is 1.34. The fourth-order valence-corrected chi connectivity index (χ4v) is 6.94. The van der Waals surface area contributed by atoms with Gasteiger partial charge in [-0.15, -0.1) is 0 Å². The van der Waals surface area contributed by atoms with Crippen LogP contribution < -0.4 is 10.6 Å². The van der Waals surface area contributed by atoms with Crippen molar-refractivity contribution in [1.29, 1.82) is 0 Å². The molecule has 0 heterocycles. The Hall–Kier alpha value is -0.910. The predicted molar refractivity (Wildman–Crippen MR) is 90.9 cm³/mol. The molecule has 2 rings (SSSR count). The van der Waals surface area contributed by atoms with E-state index in [1.54, 1.807) is 0 Å². The van der Waals surface area contributed by atoms with E-state index in [-0.39, 0.29) is 0 Å². The number of rotatable bonds is 5. The molecule has 0 saturated carbocycles. The molecule has 2 aromatic carbocycles. The molecule has 0 fully saturated rings. The fourth-order valence-electron chi connectivity index (χ4n) is 2.41. The van der Waals surface area contributed by atoms with E-state index in [0.717, 1.165) is 6.16 Å². The van der Waals surface area contributed by atoms with Crippen LogP contribution in [-0.2, 0) is 11.8 Å². The van der Waals surface area contributed by atoms with Crippen molar-refractivity contribution in [2.24, 2.45) is 0 Å². The monoisotopic (exact) mass is 288 g/mol. The van der Waals surface area contributed by atoms with Crippen LogP contribution in [-0.4, -0.2) is 6.16 Å². The standard InChI is InChI=1S/C17H21PS/c1-3-4-14-18(19,16-11-6-5-7-12-16)17-13-9-8-10-15(17)2/h5-13H,3-4,14H2,1-2H3. The van der Waals surface area contributed by atoms with Gasteiger partial charge in [0.2, 0.25) is 0 Å². The van der Waals surface area contributed by atoms with Gasteiger partial charge in [0, 0.05) is 6.04 Å². The first-order chi connectivity index (χ1) is 9.18. The number of unbranched alkanes of at least 4 members (excludes halogenated alkanes) is 1. The van der Waals surface area contributed by atoms with Crippen LogP contribution in [0.5, 0.6) is 0 Å². The van der Waals surface area contributed by atoms with E-state index in [1.165, 1.54) is 29.0 Å². The molecule has 0 radical (unpaired) electrons. The van der Waals surface area contributed by atoms with Crippen molar-refractivity contribution in [1.82, 2.24) is 0 Å². The van der Waals surface area contributed by atoms with Crippen LogP contribution in [0.1, 0.15) is 25.3 Å². The summed E-state index contributed by atoms with van der Waals surface area (Å²) in [6, 6.07) is 17.7. The third-order valence-electron chi connectivity index (χ3n) is 3.50. The average Bonchev–Trinajstić information content (AvgIpc) is 2.46. The van der Waals surface area contributed by atoms with Crippen molar-refractivity contribution in [2.45, 2.75) is 26.7 Å². The zero-order valence-electron chi connectivity index (χ0n) is 11.7. The van der Waals surface area contributed by atoms with E-state index < -0.39 is 6.04 Å². The van der Waals surface area contributed by atoms with Crippen LogP contribution in [0.4, 0.5) is 0 Å². The van der Waals surface area contributed by atoms with Gasteiger partial charge in [-0.05, 0) is 35.7 Å². The first-order valence-corrected chi connectivity index (χ1v) is 9.88. The topological polar surface area (TPSA) is 0 Å². The van der Waals surface area contributed by atoms with Gasteiger partial charge >= 0.3 is 0 Å². The van der Waals surface area contributed by atoms with Crippen molar-refractivity contribution in [2.75, 3.05) is 6.16 Å². The van der Waals surface area contributed by atoms with E-state index in [4.69, 9.17) is 11.8 Å². The van der Waals surface area contributed by atoms with E-state index in [0.29, 0.717) is 0 Å². The van der Waals surface area contributed by atoms with Gasteiger partial charge in [0.25, 0.3) is 0 Å². The smallest absolute Gasteiger partial charge is 0.0108 e. The minimum absolute atomic E-state index is 1.13. The average molecular weight is 288 g/mol. The molecule has 100 valence electrons. The van der Waals surface area contributed by atoms with Gasteiger partial charge in [0.05, 0.1) is 0 Å². The van der Waals surface area contributed by atoms with Gasteiger partial charge in [-0.3, -0.25) is 0 Å². The molecule has 0 aromatic heterocycles. The van der Waals surface area contributed by atoms with Gasteiger partial charge < -0.3 is 0 Å². The van der Waals surface area contributed by atoms with Gasteiger partial charge in [0.1, 0.15) is 0 Å². The zero-order valence-corrected chi connectivity index (χ0v) is 13.4. The Morgan fingerprint density at radius 2 is 1.58 bits per heavy atom. The van der Waals surface area contributed by atoms with Crippen LogP contribution in [0, 0.1) is 6.92 Å². The maximum atomic E-state index is 6.20. The van der Waals surface area contributed by atoms with Crippen molar-refractivity contribution in [3.05, 3.63) is 60.2 Å². The van der Waals surface area contributed by atoms with Crippen molar-refractivity contribution >= 4 is 28.5 Å². The highest BCUT2D eigenvalue weighted by atomic mass is 32.4. The molecule has 0 amide bonds. The highest BCUT2D eigenvalue weighted by Crippen LogP contribution is 2.45. The van der Waals surface area contributed by atoms with Crippen LogP contribution in [0.2, 0.25) is 0 Å². The summed E-state index contributed by atoms with van der Waals surface area (Å²) >= 11 is 6.20. The third-order valence-corrected chi connectivity index (χ3v) is 8.63. The highest BCUT2D eigenvalue weighted by Gasteiger charge is 2.22. The Balaban J connectivity index is 2.53. The summed E-state index contributed by atoms with van der Waals surface area (Å²) < 4.78 is 0. The first kappa shape index (κ1) is 14.5. The van der Waals surface area contributed by atoms with E-state index in [2.05, 4.69) is 68.4 Å². The SMILES string of the molecule is CCCCP(=S)(c1ccccc1)c1ccccc1C. The third kappa shape index (κ3) is 3.16. The molecule has 0 spiro atoms. The Bertz CT molecular complexity index is 575. The molecular formula is C17H21PS. The van der Waals surface area contributed by atoms with Crippen molar-refractivity contribution in [3.63, 3.8) is 0 Å². The summed E-state index contributed by atoms with van der Waals surface area (Å²) in [5.74, 6) is 0. The minimum Gasteiger partial charge on any atom is -0.0876 e. The maximum Gasteiger partial charge on any atom is 0.0108 e. The molecule has 19 heavy (non-hydrogen) atoms. The minimum atomic E-state index is -1.64. The van der Waals surface area contributed by atoms with Gasteiger partial charge in [-0.25, -0.2) is 0 Å². The number of aryl methyl sites for hydroxylation is 1.